The second-order valence-electron chi connectivity index (χ2n) is 9.89. The van der Waals surface area contributed by atoms with Crippen molar-refractivity contribution in [1.29, 1.82) is 0 Å². The highest BCUT2D eigenvalue weighted by atomic mass is 79.9. The minimum Gasteiger partial charge on any atom is -0.350 e. The van der Waals surface area contributed by atoms with Gasteiger partial charge in [0.15, 0.2) is 0 Å². The van der Waals surface area contributed by atoms with Gasteiger partial charge in [-0.05, 0) is 76.4 Å². The Morgan fingerprint density at radius 2 is 1.72 bits per heavy atom. The third kappa shape index (κ3) is 8.78. The van der Waals surface area contributed by atoms with Gasteiger partial charge in [-0.1, -0.05) is 45.7 Å². The maximum absolute atomic E-state index is 13.4. The monoisotopic (exact) mass is 599 g/mol. The van der Waals surface area contributed by atoms with Gasteiger partial charge in [-0.15, -0.1) is 0 Å². The molecule has 2 rings (SSSR count). The quantitative estimate of drug-likeness (QED) is 0.402. The highest BCUT2D eigenvalue weighted by molar-refractivity contribution is 9.10. The van der Waals surface area contributed by atoms with Crippen LogP contribution in [0.1, 0.15) is 51.7 Å². The van der Waals surface area contributed by atoms with Crippen molar-refractivity contribution in [2.75, 3.05) is 17.1 Å². The molecule has 0 saturated carbocycles. The number of rotatable bonds is 10. The van der Waals surface area contributed by atoms with Gasteiger partial charge < -0.3 is 10.2 Å². The SMILES string of the molecule is Cc1c(Cl)cccc1N(CCCC(=O)N(Cc1ccc(Br)cc1)[C@H](C)C(=O)NC(C)(C)C)S(C)(=O)=O. The molecule has 0 aliphatic heterocycles. The number of sulfonamides is 1. The Morgan fingerprint density at radius 1 is 1.11 bits per heavy atom. The van der Waals surface area contributed by atoms with E-state index in [9.17, 15) is 18.0 Å². The van der Waals surface area contributed by atoms with Crippen LogP contribution in [-0.4, -0.2) is 49.5 Å². The molecule has 0 bridgehead atoms. The molecule has 0 fully saturated rings. The molecule has 2 amide bonds. The number of carbonyl (C=O) groups excluding carboxylic acids is 2. The lowest BCUT2D eigenvalue weighted by Gasteiger charge is -2.32. The van der Waals surface area contributed by atoms with Gasteiger partial charge in [0.2, 0.25) is 21.8 Å². The fourth-order valence-corrected chi connectivity index (χ4v) is 5.14. The average Bonchev–Trinajstić information content (AvgIpc) is 2.76. The summed E-state index contributed by atoms with van der Waals surface area (Å²) in [5.74, 6) is -0.481. The summed E-state index contributed by atoms with van der Waals surface area (Å²) < 4.78 is 27.3. The van der Waals surface area contributed by atoms with Gasteiger partial charge in [0, 0.05) is 34.5 Å². The fraction of sp³-hybridized carbons (Fsp3) is 0.462. The third-order valence-corrected chi connectivity index (χ3v) is 7.71. The maximum atomic E-state index is 13.4. The summed E-state index contributed by atoms with van der Waals surface area (Å²) in [4.78, 5) is 27.8. The van der Waals surface area contributed by atoms with Crippen LogP contribution in [0.2, 0.25) is 5.02 Å². The lowest BCUT2D eigenvalue weighted by atomic mass is 10.1. The van der Waals surface area contributed by atoms with Crippen LogP contribution in [0.5, 0.6) is 0 Å². The predicted molar refractivity (Wildman–Crippen MR) is 150 cm³/mol. The van der Waals surface area contributed by atoms with Crippen LogP contribution in [-0.2, 0) is 26.2 Å². The van der Waals surface area contributed by atoms with Gasteiger partial charge in [0.05, 0.1) is 11.9 Å². The highest BCUT2D eigenvalue weighted by Crippen LogP contribution is 2.28. The van der Waals surface area contributed by atoms with E-state index in [0.29, 0.717) is 16.3 Å². The van der Waals surface area contributed by atoms with E-state index in [4.69, 9.17) is 11.6 Å². The molecule has 2 aromatic rings. The molecule has 1 N–H and O–H groups in total. The smallest absolute Gasteiger partial charge is 0.242 e. The largest absolute Gasteiger partial charge is 0.350 e. The molecule has 36 heavy (non-hydrogen) atoms. The summed E-state index contributed by atoms with van der Waals surface area (Å²) in [5, 5.41) is 3.41. The fourth-order valence-electron chi connectivity index (χ4n) is 3.69. The minimum atomic E-state index is -3.60. The highest BCUT2D eigenvalue weighted by Gasteiger charge is 2.29. The van der Waals surface area contributed by atoms with Crippen molar-refractivity contribution in [3.8, 4) is 0 Å². The van der Waals surface area contributed by atoms with Crippen molar-refractivity contribution in [3.63, 3.8) is 0 Å². The Balaban J connectivity index is 2.22. The van der Waals surface area contributed by atoms with Crippen molar-refractivity contribution in [2.24, 2.45) is 0 Å². The molecule has 198 valence electrons. The van der Waals surface area contributed by atoms with E-state index >= 15 is 0 Å². The first-order chi connectivity index (χ1) is 16.6. The number of nitrogens with one attached hydrogen (secondary N) is 1. The van der Waals surface area contributed by atoms with E-state index in [0.717, 1.165) is 16.3 Å². The normalized spacial score (nSPS) is 12.7. The summed E-state index contributed by atoms with van der Waals surface area (Å²) in [6, 6.07) is 11.9. The summed E-state index contributed by atoms with van der Waals surface area (Å²) in [6.07, 6.45) is 1.49. The van der Waals surface area contributed by atoms with Crippen molar-refractivity contribution in [2.45, 2.75) is 65.6 Å². The van der Waals surface area contributed by atoms with Crippen molar-refractivity contribution >= 4 is 55.1 Å². The summed E-state index contributed by atoms with van der Waals surface area (Å²) in [7, 11) is -3.60. The second kappa shape index (κ2) is 12.4. The first kappa shape index (κ1) is 30.1. The first-order valence-electron chi connectivity index (χ1n) is 11.7. The molecule has 0 aromatic heterocycles. The Labute approximate surface area is 228 Å². The third-order valence-electron chi connectivity index (χ3n) is 5.59. The number of amides is 2. The van der Waals surface area contributed by atoms with Crippen LogP contribution in [0.15, 0.2) is 46.9 Å². The van der Waals surface area contributed by atoms with Crippen LogP contribution in [0.4, 0.5) is 5.69 Å². The Hall–Kier alpha value is -2.10. The molecular formula is C26H35BrClN3O4S. The number of halogens is 2. The minimum absolute atomic E-state index is 0.0787. The van der Waals surface area contributed by atoms with Crippen LogP contribution in [0, 0.1) is 6.92 Å². The zero-order chi connectivity index (χ0) is 27.3. The van der Waals surface area contributed by atoms with E-state index in [2.05, 4.69) is 21.2 Å². The zero-order valence-corrected chi connectivity index (χ0v) is 24.8. The van der Waals surface area contributed by atoms with Crippen LogP contribution in [0.25, 0.3) is 0 Å². The zero-order valence-electron chi connectivity index (χ0n) is 21.6. The molecule has 0 saturated heterocycles. The standard InChI is InChI=1S/C26H35BrClN3O4S/c1-18-22(28)9-7-10-23(18)31(36(6,34)35)16-8-11-24(32)30(17-20-12-14-21(27)15-13-20)19(2)25(33)29-26(3,4)5/h7,9-10,12-15,19H,8,11,16-17H2,1-6H3,(H,29,33)/t19-/m1/s1. The van der Waals surface area contributed by atoms with Gasteiger partial charge in [-0.2, -0.15) is 0 Å². The van der Waals surface area contributed by atoms with E-state index in [1.54, 1.807) is 36.9 Å². The van der Waals surface area contributed by atoms with Crippen molar-refractivity contribution in [1.82, 2.24) is 10.2 Å². The van der Waals surface area contributed by atoms with Gasteiger partial charge in [-0.3, -0.25) is 13.9 Å². The molecular weight excluding hydrogens is 566 g/mol. The van der Waals surface area contributed by atoms with Crippen LogP contribution in [0.3, 0.4) is 0 Å². The average molecular weight is 601 g/mol. The Bertz CT molecular complexity index is 1180. The number of anilines is 1. The number of benzene rings is 2. The van der Waals surface area contributed by atoms with Crippen LogP contribution >= 0.6 is 27.5 Å². The van der Waals surface area contributed by atoms with Crippen LogP contribution < -0.4 is 9.62 Å². The van der Waals surface area contributed by atoms with E-state index in [1.807, 2.05) is 45.0 Å². The van der Waals surface area contributed by atoms with E-state index < -0.39 is 21.6 Å². The summed E-state index contributed by atoms with van der Waals surface area (Å²) >= 11 is 9.62. The predicted octanol–water partition coefficient (Wildman–Crippen LogP) is 5.29. The number of carbonyl (C=O) groups is 2. The molecule has 7 nitrogen and oxygen atoms in total. The second-order valence-corrected chi connectivity index (χ2v) is 13.1. The van der Waals surface area contributed by atoms with E-state index in [-0.39, 0.29) is 37.7 Å². The number of hydrogen-bond donors (Lipinski definition) is 1. The van der Waals surface area contributed by atoms with Gasteiger partial charge in [0.1, 0.15) is 6.04 Å². The maximum Gasteiger partial charge on any atom is 0.242 e. The van der Waals surface area contributed by atoms with E-state index in [1.165, 1.54) is 4.31 Å². The van der Waals surface area contributed by atoms with Crippen molar-refractivity contribution < 1.29 is 18.0 Å². The molecule has 0 aliphatic carbocycles. The number of hydrogen-bond acceptors (Lipinski definition) is 4. The lowest BCUT2D eigenvalue weighted by Crippen LogP contribution is -2.52. The molecule has 0 aliphatic rings. The number of nitrogens with zero attached hydrogens (tertiary/aromatic N) is 2. The molecule has 0 radical (unpaired) electrons. The first-order valence-corrected chi connectivity index (χ1v) is 14.7. The van der Waals surface area contributed by atoms with Gasteiger partial charge >= 0.3 is 0 Å². The Morgan fingerprint density at radius 3 is 2.28 bits per heavy atom. The summed E-state index contributed by atoms with van der Waals surface area (Å²) in [5.41, 5.74) is 1.58. The van der Waals surface area contributed by atoms with Crippen molar-refractivity contribution in [3.05, 3.63) is 63.1 Å². The molecule has 1 atom stereocenters. The molecule has 0 heterocycles. The molecule has 2 aromatic carbocycles. The Kier molecular flexibility index (Phi) is 10.4. The lowest BCUT2D eigenvalue weighted by molar-refractivity contribution is -0.141. The molecule has 0 spiro atoms. The molecule has 0 unspecified atom stereocenters. The molecule has 10 heteroatoms. The van der Waals surface area contributed by atoms with Gasteiger partial charge in [-0.25, -0.2) is 8.42 Å². The van der Waals surface area contributed by atoms with Gasteiger partial charge in [0.25, 0.3) is 0 Å². The summed E-state index contributed by atoms with van der Waals surface area (Å²) in [6.45, 7) is 9.49. The topological polar surface area (TPSA) is 86.8 Å².